The lowest BCUT2D eigenvalue weighted by Gasteiger charge is -2.27. The summed E-state index contributed by atoms with van der Waals surface area (Å²) in [4.78, 5) is 0. The van der Waals surface area contributed by atoms with Gasteiger partial charge >= 0.3 is 0 Å². The van der Waals surface area contributed by atoms with E-state index in [4.69, 9.17) is 7.85 Å². The summed E-state index contributed by atoms with van der Waals surface area (Å²) >= 11 is 0. The summed E-state index contributed by atoms with van der Waals surface area (Å²) in [5.41, 5.74) is 0. The van der Waals surface area contributed by atoms with Gasteiger partial charge in [-0.1, -0.05) is 78.0 Å². The highest BCUT2D eigenvalue weighted by atomic mass is 14.2. The molecule has 0 nitrogen and oxygen atoms in total. The topological polar surface area (TPSA) is 0 Å². The van der Waals surface area contributed by atoms with Gasteiger partial charge in [-0.2, -0.15) is 0 Å². The Kier molecular flexibility index (Phi) is 6.54. The molecule has 1 fully saturated rings. The second-order valence-electron chi connectivity index (χ2n) is 6.36. The van der Waals surface area contributed by atoms with Crippen molar-refractivity contribution in [2.45, 2.75) is 78.0 Å². The van der Waals surface area contributed by atoms with Gasteiger partial charge in [-0.05, 0) is 17.8 Å². The van der Waals surface area contributed by atoms with Crippen LogP contribution in [0, 0.1) is 17.8 Å². The molecule has 0 aliphatic heterocycles. The van der Waals surface area contributed by atoms with Crippen molar-refractivity contribution in [2.24, 2.45) is 17.8 Å². The third-order valence-corrected chi connectivity index (χ3v) is 4.32. The van der Waals surface area contributed by atoms with Gasteiger partial charge in [0.15, 0.2) is 0 Å². The minimum Gasteiger partial charge on any atom is -0.0802 e. The summed E-state index contributed by atoms with van der Waals surface area (Å²) < 4.78 is 0. The molecule has 2 unspecified atom stereocenters. The highest BCUT2D eigenvalue weighted by molar-refractivity contribution is 6.11. The van der Waals surface area contributed by atoms with Gasteiger partial charge in [0.1, 0.15) is 0 Å². The van der Waals surface area contributed by atoms with Crippen molar-refractivity contribution in [3.05, 3.63) is 0 Å². The molecule has 0 amide bonds. The Balaban J connectivity index is 2.05. The standard InChI is InChI=1S/C15H29B/c1-12(4-8-14(3)16)5-9-15-10-6-13(2)7-11-15/h12-15H,4-11H2,1-3H3. The Morgan fingerprint density at radius 1 is 1.00 bits per heavy atom. The number of hydrogen-bond donors (Lipinski definition) is 0. The van der Waals surface area contributed by atoms with Crippen molar-refractivity contribution in [2.75, 3.05) is 0 Å². The minimum atomic E-state index is 0.387. The third kappa shape index (κ3) is 5.96. The molecule has 1 rings (SSSR count). The smallest absolute Gasteiger partial charge is 0.0695 e. The quantitative estimate of drug-likeness (QED) is 0.553. The average Bonchev–Trinajstić information content (AvgIpc) is 2.25. The van der Waals surface area contributed by atoms with Crippen LogP contribution in [0.2, 0.25) is 5.82 Å². The fourth-order valence-corrected chi connectivity index (χ4v) is 2.83. The van der Waals surface area contributed by atoms with Gasteiger partial charge in [-0.25, -0.2) is 0 Å². The first-order valence-electron chi connectivity index (χ1n) is 7.33. The van der Waals surface area contributed by atoms with E-state index in [2.05, 4.69) is 20.8 Å². The molecular formula is C15H29B. The predicted octanol–water partition coefficient (Wildman–Crippen LogP) is 4.99. The second-order valence-corrected chi connectivity index (χ2v) is 6.36. The maximum atomic E-state index is 5.79. The van der Waals surface area contributed by atoms with Crippen molar-refractivity contribution in [1.29, 1.82) is 0 Å². The van der Waals surface area contributed by atoms with Crippen LogP contribution in [-0.2, 0) is 0 Å². The summed E-state index contributed by atoms with van der Waals surface area (Å²) in [5.74, 6) is 3.30. The van der Waals surface area contributed by atoms with Crippen LogP contribution in [0.1, 0.15) is 72.1 Å². The monoisotopic (exact) mass is 220 g/mol. The van der Waals surface area contributed by atoms with E-state index < -0.39 is 0 Å². The van der Waals surface area contributed by atoms with Crippen LogP contribution >= 0.6 is 0 Å². The van der Waals surface area contributed by atoms with Crippen LogP contribution in [0.5, 0.6) is 0 Å². The van der Waals surface area contributed by atoms with E-state index in [1.165, 1.54) is 51.4 Å². The zero-order chi connectivity index (χ0) is 12.0. The highest BCUT2D eigenvalue weighted by Crippen LogP contribution is 2.32. The number of rotatable bonds is 6. The van der Waals surface area contributed by atoms with Gasteiger partial charge in [-0.3, -0.25) is 0 Å². The highest BCUT2D eigenvalue weighted by Gasteiger charge is 2.18. The van der Waals surface area contributed by atoms with Gasteiger partial charge in [0.25, 0.3) is 0 Å². The Morgan fingerprint density at radius 3 is 2.19 bits per heavy atom. The van der Waals surface area contributed by atoms with Crippen LogP contribution in [0.25, 0.3) is 0 Å². The van der Waals surface area contributed by atoms with E-state index in [1.54, 1.807) is 0 Å². The lowest BCUT2D eigenvalue weighted by Crippen LogP contribution is -2.13. The van der Waals surface area contributed by atoms with Gasteiger partial charge in [0.2, 0.25) is 0 Å². The Morgan fingerprint density at radius 2 is 1.62 bits per heavy atom. The van der Waals surface area contributed by atoms with E-state index in [9.17, 15) is 0 Å². The molecule has 0 aromatic carbocycles. The molecule has 2 radical (unpaired) electrons. The van der Waals surface area contributed by atoms with E-state index in [1.807, 2.05) is 0 Å². The molecule has 0 saturated heterocycles. The fraction of sp³-hybridized carbons (Fsp3) is 1.00. The van der Waals surface area contributed by atoms with Gasteiger partial charge in [0.05, 0.1) is 7.85 Å². The molecule has 0 bridgehead atoms. The zero-order valence-electron chi connectivity index (χ0n) is 11.5. The van der Waals surface area contributed by atoms with Crippen molar-refractivity contribution in [3.63, 3.8) is 0 Å². The summed E-state index contributed by atoms with van der Waals surface area (Å²) in [7, 11) is 5.79. The van der Waals surface area contributed by atoms with Crippen LogP contribution < -0.4 is 0 Å². The van der Waals surface area contributed by atoms with Crippen LogP contribution in [0.3, 0.4) is 0 Å². The molecule has 1 aliphatic carbocycles. The first-order chi connectivity index (χ1) is 7.58. The van der Waals surface area contributed by atoms with Crippen LogP contribution in [-0.4, -0.2) is 7.85 Å². The SMILES string of the molecule is [B]C(C)CCC(C)CCC1CCC(C)CC1. The molecule has 1 aliphatic rings. The third-order valence-electron chi connectivity index (χ3n) is 4.32. The van der Waals surface area contributed by atoms with Crippen molar-refractivity contribution in [1.82, 2.24) is 0 Å². The van der Waals surface area contributed by atoms with Crippen molar-refractivity contribution >= 4 is 7.85 Å². The van der Waals surface area contributed by atoms with Gasteiger partial charge in [-0.15, -0.1) is 0 Å². The Labute approximate surface area is 104 Å². The van der Waals surface area contributed by atoms with Gasteiger partial charge < -0.3 is 0 Å². The fourth-order valence-electron chi connectivity index (χ4n) is 2.83. The normalized spacial score (nSPS) is 29.9. The predicted molar refractivity (Wildman–Crippen MR) is 73.9 cm³/mol. The van der Waals surface area contributed by atoms with E-state index in [-0.39, 0.29) is 0 Å². The van der Waals surface area contributed by atoms with Crippen LogP contribution in [0.15, 0.2) is 0 Å². The molecule has 0 heterocycles. The maximum absolute atomic E-state index is 5.79. The molecule has 1 heteroatoms. The van der Waals surface area contributed by atoms with Crippen molar-refractivity contribution in [3.8, 4) is 0 Å². The average molecular weight is 220 g/mol. The van der Waals surface area contributed by atoms with Gasteiger partial charge in [0, 0.05) is 0 Å². The molecule has 0 aromatic rings. The first kappa shape index (κ1) is 14.1. The Bertz CT molecular complexity index is 168. The van der Waals surface area contributed by atoms with Crippen molar-refractivity contribution < 1.29 is 0 Å². The summed E-state index contributed by atoms with van der Waals surface area (Å²) in [5, 5.41) is 0. The molecule has 0 aromatic heterocycles. The largest absolute Gasteiger partial charge is 0.0802 e. The molecule has 1 saturated carbocycles. The zero-order valence-corrected chi connectivity index (χ0v) is 11.5. The summed E-state index contributed by atoms with van der Waals surface area (Å²) in [6.07, 6.45) is 11.3. The second kappa shape index (κ2) is 7.40. The maximum Gasteiger partial charge on any atom is 0.0695 e. The summed E-state index contributed by atoms with van der Waals surface area (Å²) in [6, 6.07) is 0. The van der Waals surface area contributed by atoms with E-state index in [0.29, 0.717) is 5.82 Å². The first-order valence-corrected chi connectivity index (χ1v) is 7.33. The molecule has 0 spiro atoms. The molecule has 16 heavy (non-hydrogen) atoms. The van der Waals surface area contributed by atoms with E-state index >= 15 is 0 Å². The summed E-state index contributed by atoms with van der Waals surface area (Å²) in [6.45, 7) is 6.92. The molecule has 92 valence electrons. The number of hydrogen-bond acceptors (Lipinski definition) is 0. The lowest BCUT2D eigenvalue weighted by atomic mass is 9.78. The molecule has 2 atom stereocenters. The molecular weight excluding hydrogens is 191 g/mol. The molecule has 0 N–H and O–H groups in total. The minimum absolute atomic E-state index is 0.387. The van der Waals surface area contributed by atoms with E-state index in [0.717, 1.165) is 17.8 Å². The lowest BCUT2D eigenvalue weighted by molar-refractivity contribution is 0.260. The van der Waals surface area contributed by atoms with Crippen LogP contribution in [0.4, 0.5) is 0 Å². The Hall–Kier alpha value is 0.0649.